The highest BCUT2D eigenvalue weighted by molar-refractivity contribution is 5.95. The molecule has 4 aromatic rings. The Kier molecular flexibility index (Phi) is 5.01. The maximum Gasteiger partial charge on any atom is 0.258 e. The summed E-state index contributed by atoms with van der Waals surface area (Å²) in [5.74, 6) is 1.53. The Morgan fingerprint density at radius 2 is 2.03 bits per heavy atom. The SMILES string of the molecule is Cc1c(C(=O)N[C@@H](C)c2ccc(F)cc2)cnn1-c1cc(-c2nc(C3CC3)no2)ccn1. The third-order valence-corrected chi connectivity index (χ3v) is 5.57. The molecule has 3 heterocycles. The molecule has 0 bridgehead atoms. The van der Waals surface area contributed by atoms with Crippen LogP contribution in [0.3, 0.4) is 0 Å². The second kappa shape index (κ2) is 7.99. The maximum absolute atomic E-state index is 13.2. The van der Waals surface area contributed by atoms with Crippen LogP contribution in [0.5, 0.6) is 0 Å². The van der Waals surface area contributed by atoms with E-state index in [2.05, 4.69) is 25.5 Å². The predicted molar refractivity (Wildman–Crippen MR) is 114 cm³/mol. The molecule has 1 fully saturated rings. The van der Waals surface area contributed by atoms with Crippen molar-refractivity contribution in [2.24, 2.45) is 0 Å². The number of halogens is 1. The second-order valence-electron chi connectivity index (χ2n) is 7.94. The average molecular weight is 432 g/mol. The van der Waals surface area contributed by atoms with Crippen molar-refractivity contribution < 1.29 is 13.7 Å². The summed E-state index contributed by atoms with van der Waals surface area (Å²) >= 11 is 0. The zero-order valence-corrected chi connectivity index (χ0v) is 17.6. The number of hydrogen-bond acceptors (Lipinski definition) is 6. The molecule has 1 amide bonds. The molecule has 9 heteroatoms. The fourth-order valence-electron chi connectivity index (χ4n) is 3.50. The van der Waals surface area contributed by atoms with E-state index in [0.29, 0.717) is 28.9 Å². The highest BCUT2D eigenvalue weighted by atomic mass is 19.1. The number of hydrogen-bond donors (Lipinski definition) is 1. The molecule has 3 aromatic heterocycles. The fraction of sp³-hybridized carbons (Fsp3) is 0.261. The largest absolute Gasteiger partial charge is 0.345 e. The first-order chi connectivity index (χ1) is 15.5. The lowest BCUT2D eigenvalue weighted by Gasteiger charge is -2.14. The summed E-state index contributed by atoms with van der Waals surface area (Å²) in [4.78, 5) is 21.7. The minimum absolute atomic E-state index is 0.271. The molecule has 1 aromatic carbocycles. The van der Waals surface area contributed by atoms with Crippen LogP contribution in [0, 0.1) is 12.7 Å². The van der Waals surface area contributed by atoms with E-state index in [1.165, 1.54) is 18.3 Å². The van der Waals surface area contributed by atoms with Crippen LogP contribution in [-0.4, -0.2) is 30.8 Å². The molecule has 162 valence electrons. The Bertz CT molecular complexity index is 1280. The molecule has 0 aliphatic heterocycles. The van der Waals surface area contributed by atoms with E-state index in [-0.39, 0.29) is 17.8 Å². The number of aromatic nitrogens is 5. The monoisotopic (exact) mass is 432 g/mol. The van der Waals surface area contributed by atoms with Crippen LogP contribution in [0.15, 0.2) is 53.3 Å². The van der Waals surface area contributed by atoms with E-state index in [1.54, 1.807) is 42.1 Å². The van der Waals surface area contributed by atoms with Gasteiger partial charge < -0.3 is 9.84 Å². The van der Waals surface area contributed by atoms with Crippen LogP contribution in [0.4, 0.5) is 4.39 Å². The van der Waals surface area contributed by atoms with Gasteiger partial charge in [0.05, 0.1) is 23.5 Å². The number of nitrogens with zero attached hydrogens (tertiary/aromatic N) is 5. The molecule has 0 unspecified atom stereocenters. The predicted octanol–water partition coefficient (Wildman–Crippen LogP) is 4.13. The van der Waals surface area contributed by atoms with Crippen molar-refractivity contribution in [3.8, 4) is 17.3 Å². The van der Waals surface area contributed by atoms with Gasteiger partial charge in [-0.15, -0.1) is 0 Å². The van der Waals surface area contributed by atoms with Crippen LogP contribution in [-0.2, 0) is 0 Å². The van der Waals surface area contributed by atoms with Gasteiger partial charge in [-0.1, -0.05) is 17.3 Å². The van der Waals surface area contributed by atoms with E-state index < -0.39 is 0 Å². The van der Waals surface area contributed by atoms with Gasteiger partial charge in [0.1, 0.15) is 5.82 Å². The van der Waals surface area contributed by atoms with E-state index in [4.69, 9.17) is 4.52 Å². The Morgan fingerprint density at radius 1 is 1.25 bits per heavy atom. The van der Waals surface area contributed by atoms with Gasteiger partial charge in [0.15, 0.2) is 11.6 Å². The lowest BCUT2D eigenvalue weighted by Crippen LogP contribution is -2.27. The second-order valence-corrected chi connectivity index (χ2v) is 7.94. The van der Waals surface area contributed by atoms with Crippen LogP contribution in [0.2, 0.25) is 0 Å². The molecule has 5 rings (SSSR count). The molecule has 1 aliphatic rings. The average Bonchev–Trinajstić information content (AvgIpc) is 3.39. The molecule has 1 saturated carbocycles. The van der Waals surface area contributed by atoms with Gasteiger partial charge in [0.25, 0.3) is 11.8 Å². The van der Waals surface area contributed by atoms with E-state index in [1.807, 2.05) is 6.92 Å². The number of carbonyl (C=O) groups is 1. The van der Waals surface area contributed by atoms with Gasteiger partial charge in [0, 0.05) is 17.7 Å². The molecule has 8 nitrogen and oxygen atoms in total. The topological polar surface area (TPSA) is 98.7 Å². The van der Waals surface area contributed by atoms with Crippen LogP contribution < -0.4 is 5.32 Å². The third-order valence-electron chi connectivity index (χ3n) is 5.57. The summed E-state index contributed by atoms with van der Waals surface area (Å²) in [6.45, 7) is 3.65. The smallest absolute Gasteiger partial charge is 0.258 e. The van der Waals surface area contributed by atoms with Crippen molar-refractivity contribution in [1.29, 1.82) is 0 Å². The maximum atomic E-state index is 13.2. The molecule has 0 radical (unpaired) electrons. The lowest BCUT2D eigenvalue weighted by molar-refractivity contribution is 0.0939. The number of carbonyl (C=O) groups excluding carboxylic acids is 1. The number of rotatable bonds is 6. The normalized spacial score (nSPS) is 14.3. The number of pyridine rings is 1. The minimum atomic E-state index is -0.316. The first kappa shape index (κ1) is 20.0. The van der Waals surface area contributed by atoms with Crippen molar-refractivity contribution in [3.05, 3.63) is 77.3 Å². The lowest BCUT2D eigenvalue weighted by atomic mass is 10.1. The molecule has 1 atom stereocenters. The van der Waals surface area contributed by atoms with Gasteiger partial charge >= 0.3 is 0 Å². The highest BCUT2D eigenvalue weighted by Crippen LogP contribution is 2.38. The molecule has 1 aliphatic carbocycles. The molecule has 32 heavy (non-hydrogen) atoms. The Labute approximate surface area is 183 Å². The molecular weight excluding hydrogens is 411 g/mol. The van der Waals surface area contributed by atoms with Crippen molar-refractivity contribution in [2.75, 3.05) is 0 Å². The standard InChI is InChI=1S/C23H21FN6O2/c1-13(15-5-7-18(24)8-6-15)27-22(31)19-12-26-30(14(19)2)20-11-17(9-10-25-20)23-28-21(29-32-23)16-3-4-16/h5-13,16H,3-4H2,1-2H3,(H,27,31)/t13-/m0/s1. The number of amides is 1. The van der Waals surface area contributed by atoms with Crippen molar-refractivity contribution in [3.63, 3.8) is 0 Å². The summed E-state index contributed by atoms with van der Waals surface area (Å²) in [7, 11) is 0. The first-order valence-electron chi connectivity index (χ1n) is 10.4. The Morgan fingerprint density at radius 3 is 2.78 bits per heavy atom. The van der Waals surface area contributed by atoms with Crippen molar-refractivity contribution in [2.45, 2.75) is 38.6 Å². The summed E-state index contributed by atoms with van der Waals surface area (Å²) < 4.78 is 20.2. The van der Waals surface area contributed by atoms with E-state index in [9.17, 15) is 9.18 Å². The minimum Gasteiger partial charge on any atom is -0.345 e. The van der Waals surface area contributed by atoms with E-state index >= 15 is 0 Å². The van der Waals surface area contributed by atoms with Crippen LogP contribution in [0.1, 0.15) is 59.2 Å². The molecule has 0 spiro atoms. The number of benzene rings is 1. The summed E-state index contributed by atoms with van der Waals surface area (Å²) in [5, 5.41) is 11.3. The van der Waals surface area contributed by atoms with Crippen molar-refractivity contribution >= 4 is 5.91 Å². The van der Waals surface area contributed by atoms with Gasteiger partial charge in [-0.3, -0.25) is 4.79 Å². The summed E-state index contributed by atoms with van der Waals surface area (Å²) in [6, 6.07) is 9.35. The number of nitrogens with one attached hydrogen (secondary N) is 1. The molecular formula is C23H21FN6O2. The Hall–Kier alpha value is -3.88. The van der Waals surface area contributed by atoms with Gasteiger partial charge in [0.2, 0.25) is 0 Å². The summed E-state index contributed by atoms with van der Waals surface area (Å²) in [5.41, 5.74) is 2.62. The zero-order valence-electron chi connectivity index (χ0n) is 17.6. The Balaban J connectivity index is 1.36. The zero-order chi connectivity index (χ0) is 22.2. The highest BCUT2D eigenvalue weighted by Gasteiger charge is 2.29. The fourth-order valence-corrected chi connectivity index (χ4v) is 3.50. The molecule has 0 saturated heterocycles. The molecule has 1 N–H and O–H groups in total. The van der Waals surface area contributed by atoms with Gasteiger partial charge in [-0.2, -0.15) is 10.1 Å². The third kappa shape index (κ3) is 3.89. The quantitative estimate of drug-likeness (QED) is 0.492. The van der Waals surface area contributed by atoms with Gasteiger partial charge in [-0.05, 0) is 56.5 Å². The first-order valence-corrected chi connectivity index (χ1v) is 10.4. The van der Waals surface area contributed by atoms with Crippen molar-refractivity contribution in [1.82, 2.24) is 30.2 Å². The van der Waals surface area contributed by atoms with E-state index in [0.717, 1.165) is 29.8 Å². The van der Waals surface area contributed by atoms with Crippen LogP contribution in [0.25, 0.3) is 17.3 Å². The summed E-state index contributed by atoms with van der Waals surface area (Å²) in [6.07, 6.45) is 5.34. The van der Waals surface area contributed by atoms with Crippen LogP contribution >= 0.6 is 0 Å². The van der Waals surface area contributed by atoms with Gasteiger partial charge in [-0.25, -0.2) is 14.1 Å².